The second-order valence-electron chi connectivity index (χ2n) is 5.34. The van der Waals surface area contributed by atoms with Crippen molar-refractivity contribution in [2.45, 2.75) is 38.6 Å². The quantitative estimate of drug-likeness (QED) is 0.824. The molecular formula is C15H24N2O4S. The van der Waals surface area contributed by atoms with Gasteiger partial charge in [0.1, 0.15) is 5.75 Å². The molecule has 0 bridgehead atoms. The van der Waals surface area contributed by atoms with Crippen molar-refractivity contribution in [1.82, 2.24) is 9.62 Å². The van der Waals surface area contributed by atoms with Crippen LogP contribution in [-0.2, 0) is 14.8 Å². The van der Waals surface area contributed by atoms with Crippen LogP contribution in [0.4, 0.5) is 0 Å². The van der Waals surface area contributed by atoms with E-state index in [-0.39, 0.29) is 23.4 Å². The molecule has 0 saturated heterocycles. The fourth-order valence-electron chi connectivity index (χ4n) is 2.18. The Balaban J connectivity index is 2.76. The van der Waals surface area contributed by atoms with Gasteiger partial charge >= 0.3 is 0 Å². The molecular weight excluding hydrogens is 304 g/mol. The van der Waals surface area contributed by atoms with E-state index in [1.54, 1.807) is 24.0 Å². The van der Waals surface area contributed by atoms with Crippen LogP contribution in [0, 0.1) is 6.92 Å². The molecule has 1 N–H and O–H groups in total. The Hall–Kier alpha value is -1.60. The Labute approximate surface area is 132 Å². The summed E-state index contributed by atoms with van der Waals surface area (Å²) in [7, 11) is -2.06. The zero-order valence-electron chi connectivity index (χ0n) is 13.7. The van der Waals surface area contributed by atoms with E-state index in [0.717, 1.165) is 5.56 Å². The SMILES string of the molecule is COc1ccc(S(=O)(=O)NCCN(C(C)=O)C(C)C)cc1C. The third-order valence-corrected chi connectivity index (χ3v) is 4.81. The monoisotopic (exact) mass is 328 g/mol. The minimum atomic E-state index is -3.60. The molecule has 0 unspecified atom stereocenters. The lowest BCUT2D eigenvalue weighted by Gasteiger charge is -2.25. The van der Waals surface area contributed by atoms with Crippen LogP contribution in [0.25, 0.3) is 0 Å². The first-order chi connectivity index (χ1) is 10.2. The average molecular weight is 328 g/mol. The Kier molecular flexibility index (Phi) is 6.37. The lowest BCUT2D eigenvalue weighted by atomic mass is 10.2. The maximum Gasteiger partial charge on any atom is 0.240 e. The second kappa shape index (κ2) is 7.60. The number of rotatable bonds is 7. The van der Waals surface area contributed by atoms with Crippen LogP contribution in [0.5, 0.6) is 5.75 Å². The topological polar surface area (TPSA) is 75.7 Å². The molecule has 0 saturated carbocycles. The van der Waals surface area contributed by atoms with Gasteiger partial charge in [0.15, 0.2) is 0 Å². The van der Waals surface area contributed by atoms with Gasteiger partial charge in [0.05, 0.1) is 12.0 Å². The summed E-state index contributed by atoms with van der Waals surface area (Å²) in [6.45, 7) is 7.55. The maximum absolute atomic E-state index is 12.2. The molecule has 0 heterocycles. The van der Waals surface area contributed by atoms with Gasteiger partial charge in [-0.2, -0.15) is 0 Å². The predicted octanol–water partition coefficient (Wildman–Crippen LogP) is 1.54. The number of methoxy groups -OCH3 is 1. The number of amides is 1. The first kappa shape index (κ1) is 18.4. The minimum Gasteiger partial charge on any atom is -0.496 e. The fraction of sp³-hybridized carbons (Fsp3) is 0.533. The summed E-state index contributed by atoms with van der Waals surface area (Å²) >= 11 is 0. The lowest BCUT2D eigenvalue weighted by molar-refractivity contribution is -0.130. The van der Waals surface area contributed by atoms with Crippen LogP contribution >= 0.6 is 0 Å². The molecule has 0 atom stereocenters. The molecule has 1 amide bonds. The maximum atomic E-state index is 12.2. The molecule has 0 aliphatic heterocycles. The summed E-state index contributed by atoms with van der Waals surface area (Å²) in [5.74, 6) is 0.566. The van der Waals surface area contributed by atoms with Crippen molar-refractivity contribution in [2.75, 3.05) is 20.2 Å². The van der Waals surface area contributed by atoms with E-state index < -0.39 is 10.0 Å². The standard InChI is InChI=1S/C15H24N2O4S/c1-11(2)17(13(4)18)9-8-16-22(19,20)14-6-7-15(21-5)12(3)10-14/h6-7,10-11,16H,8-9H2,1-5H3. The van der Waals surface area contributed by atoms with Gasteiger partial charge in [-0.1, -0.05) is 0 Å². The number of nitrogens with zero attached hydrogens (tertiary/aromatic N) is 1. The number of carbonyl (C=O) groups excluding carboxylic acids is 1. The van der Waals surface area contributed by atoms with Gasteiger partial charge < -0.3 is 9.64 Å². The highest BCUT2D eigenvalue weighted by Crippen LogP contribution is 2.21. The van der Waals surface area contributed by atoms with Crippen molar-refractivity contribution in [3.63, 3.8) is 0 Å². The van der Waals surface area contributed by atoms with E-state index in [2.05, 4.69) is 4.72 Å². The molecule has 1 rings (SSSR count). The highest BCUT2D eigenvalue weighted by atomic mass is 32.2. The van der Waals surface area contributed by atoms with Crippen molar-refractivity contribution in [1.29, 1.82) is 0 Å². The van der Waals surface area contributed by atoms with Gasteiger partial charge in [-0.05, 0) is 44.5 Å². The molecule has 0 radical (unpaired) electrons. The fourth-order valence-corrected chi connectivity index (χ4v) is 3.29. The lowest BCUT2D eigenvalue weighted by Crippen LogP contribution is -2.41. The van der Waals surface area contributed by atoms with Gasteiger partial charge in [0.25, 0.3) is 0 Å². The summed E-state index contributed by atoms with van der Waals surface area (Å²) in [4.78, 5) is 13.3. The first-order valence-corrected chi connectivity index (χ1v) is 8.59. The van der Waals surface area contributed by atoms with E-state index in [0.29, 0.717) is 12.3 Å². The van der Waals surface area contributed by atoms with Gasteiger partial charge in [0, 0.05) is 26.1 Å². The van der Waals surface area contributed by atoms with Gasteiger partial charge in [0.2, 0.25) is 15.9 Å². The molecule has 0 aliphatic carbocycles. The first-order valence-electron chi connectivity index (χ1n) is 7.10. The number of hydrogen-bond acceptors (Lipinski definition) is 4. The number of ether oxygens (including phenoxy) is 1. The van der Waals surface area contributed by atoms with Crippen molar-refractivity contribution in [3.05, 3.63) is 23.8 Å². The van der Waals surface area contributed by atoms with E-state index in [1.807, 2.05) is 13.8 Å². The molecule has 0 aromatic heterocycles. The summed E-state index contributed by atoms with van der Waals surface area (Å²) in [6, 6.07) is 4.72. The van der Waals surface area contributed by atoms with Crippen molar-refractivity contribution < 1.29 is 17.9 Å². The molecule has 0 fully saturated rings. The molecule has 1 aromatic carbocycles. The van der Waals surface area contributed by atoms with Crippen LogP contribution < -0.4 is 9.46 Å². The Morgan fingerprint density at radius 2 is 2.00 bits per heavy atom. The minimum absolute atomic E-state index is 0.0326. The van der Waals surface area contributed by atoms with Crippen LogP contribution in [0.15, 0.2) is 23.1 Å². The molecule has 22 heavy (non-hydrogen) atoms. The molecule has 0 spiro atoms. The molecule has 1 aromatic rings. The number of hydrogen-bond donors (Lipinski definition) is 1. The highest BCUT2D eigenvalue weighted by molar-refractivity contribution is 7.89. The summed E-state index contributed by atoms with van der Waals surface area (Å²) in [5.41, 5.74) is 0.748. The highest BCUT2D eigenvalue weighted by Gasteiger charge is 2.17. The van der Waals surface area contributed by atoms with Crippen molar-refractivity contribution in [2.24, 2.45) is 0 Å². The number of benzene rings is 1. The number of carbonyl (C=O) groups is 1. The van der Waals surface area contributed by atoms with Crippen LogP contribution in [0.1, 0.15) is 26.3 Å². The van der Waals surface area contributed by atoms with E-state index in [1.165, 1.54) is 20.1 Å². The van der Waals surface area contributed by atoms with Crippen LogP contribution in [0.2, 0.25) is 0 Å². The molecule has 124 valence electrons. The van der Waals surface area contributed by atoms with E-state index >= 15 is 0 Å². The van der Waals surface area contributed by atoms with Crippen LogP contribution in [0.3, 0.4) is 0 Å². The number of nitrogens with one attached hydrogen (secondary N) is 1. The number of sulfonamides is 1. The molecule has 0 aliphatic rings. The van der Waals surface area contributed by atoms with E-state index in [4.69, 9.17) is 4.74 Å². The summed E-state index contributed by atoms with van der Waals surface area (Å²) < 4.78 is 32.1. The summed E-state index contributed by atoms with van der Waals surface area (Å²) in [6.07, 6.45) is 0. The third-order valence-electron chi connectivity index (χ3n) is 3.35. The third kappa shape index (κ3) is 4.71. The average Bonchev–Trinajstić information content (AvgIpc) is 2.42. The Morgan fingerprint density at radius 3 is 2.45 bits per heavy atom. The zero-order valence-corrected chi connectivity index (χ0v) is 14.5. The Morgan fingerprint density at radius 1 is 1.36 bits per heavy atom. The van der Waals surface area contributed by atoms with Gasteiger partial charge in [-0.3, -0.25) is 4.79 Å². The molecule has 7 heteroatoms. The largest absolute Gasteiger partial charge is 0.496 e. The van der Waals surface area contributed by atoms with Crippen LogP contribution in [-0.4, -0.2) is 45.5 Å². The van der Waals surface area contributed by atoms with Crippen molar-refractivity contribution in [3.8, 4) is 5.75 Å². The normalized spacial score (nSPS) is 11.5. The molecule has 6 nitrogen and oxygen atoms in total. The second-order valence-corrected chi connectivity index (χ2v) is 7.10. The summed E-state index contributed by atoms with van der Waals surface area (Å²) in [5, 5.41) is 0. The van der Waals surface area contributed by atoms with Crippen molar-refractivity contribution >= 4 is 15.9 Å². The van der Waals surface area contributed by atoms with Gasteiger partial charge in [-0.15, -0.1) is 0 Å². The smallest absolute Gasteiger partial charge is 0.240 e. The number of aryl methyl sites for hydroxylation is 1. The predicted molar refractivity (Wildman–Crippen MR) is 85.4 cm³/mol. The Bertz CT molecular complexity index is 626. The van der Waals surface area contributed by atoms with E-state index in [9.17, 15) is 13.2 Å². The zero-order chi connectivity index (χ0) is 16.9. The van der Waals surface area contributed by atoms with Gasteiger partial charge in [-0.25, -0.2) is 13.1 Å².